The fourth-order valence-electron chi connectivity index (χ4n) is 2.61. The summed E-state index contributed by atoms with van der Waals surface area (Å²) in [6.07, 6.45) is 3.67. The number of aliphatic imine (C=N–C) groups is 1. The zero-order chi connectivity index (χ0) is 15.8. The van der Waals surface area contributed by atoms with Crippen LogP contribution in [0.2, 0.25) is 0 Å². The van der Waals surface area contributed by atoms with Crippen LogP contribution in [0.3, 0.4) is 0 Å². The minimum atomic E-state index is 0.0801. The van der Waals surface area contributed by atoms with E-state index in [0.717, 1.165) is 22.5 Å². The van der Waals surface area contributed by atoms with E-state index in [4.69, 9.17) is 5.41 Å². The highest BCUT2D eigenvalue weighted by molar-refractivity contribution is 7.10. The third-order valence-corrected chi connectivity index (χ3v) is 4.60. The predicted molar refractivity (Wildman–Crippen MR) is 93.6 cm³/mol. The molecular weight excluding hydrogens is 306 g/mol. The van der Waals surface area contributed by atoms with E-state index in [0.29, 0.717) is 4.88 Å². The van der Waals surface area contributed by atoms with Crippen LogP contribution in [-0.4, -0.2) is 15.9 Å². The summed E-state index contributed by atoms with van der Waals surface area (Å²) >= 11 is 1.24. The number of nitrogens with one attached hydrogen (secondary N) is 1. The molecule has 0 saturated carbocycles. The van der Waals surface area contributed by atoms with Crippen LogP contribution >= 0.6 is 11.3 Å². The van der Waals surface area contributed by atoms with Crippen molar-refractivity contribution < 1.29 is 5.11 Å². The molecule has 2 heterocycles. The zero-order valence-electron chi connectivity index (χ0n) is 12.1. The summed E-state index contributed by atoms with van der Waals surface area (Å²) in [5.41, 5.74) is 3.68. The number of hydrogen-bond donors (Lipinski definition) is 2. The Kier molecular flexibility index (Phi) is 3.20. The molecule has 0 spiro atoms. The lowest BCUT2D eigenvalue weighted by Gasteiger charge is -2.04. The lowest BCUT2D eigenvalue weighted by Crippen LogP contribution is -2.09. The quantitative estimate of drug-likeness (QED) is 0.737. The maximum absolute atomic E-state index is 10.5. The molecule has 0 unspecified atom stereocenters. The summed E-state index contributed by atoms with van der Waals surface area (Å²) in [7, 11) is 0. The fraction of sp³-hybridized carbons (Fsp3) is 0. The zero-order valence-corrected chi connectivity index (χ0v) is 12.9. The Bertz CT molecular complexity index is 997. The molecule has 0 amide bonds. The van der Waals surface area contributed by atoms with Gasteiger partial charge in [0.2, 0.25) is 5.88 Å². The normalized spacial score (nSPS) is 14.3. The monoisotopic (exact) mass is 319 g/mol. The molecule has 4 rings (SSSR count). The number of para-hydroxylation sites is 2. The minimum Gasteiger partial charge on any atom is -0.493 e. The van der Waals surface area contributed by atoms with Crippen molar-refractivity contribution in [3.8, 4) is 11.6 Å². The van der Waals surface area contributed by atoms with Crippen molar-refractivity contribution in [1.82, 2.24) is 4.57 Å². The van der Waals surface area contributed by atoms with E-state index in [1.165, 1.54) is 15.9 Å². The average molecular weight is 319 g/mol. The predicted octanol–water partition coefficient (Wildman–Crippen LogP) is 3.98. The number of aromatic nitrogens is 1. The third kappa shape index (κ3) is 2.31. The molecule has 112 valence electrons. The second kappa shape index (κ2) is 5.37. The van der Waals surface area contributed by atoms with Gasteiger partial charge in [-0.3, -0.25) is 15.0 Å². The van der Waals surface area contributed by atoms with Crippen molar-refractivity contribution >= 4 is 34.9 Å². The molecule has 2 N–H and O–H groups in total. The van der Waals surface area contributed by atoms with Crippen molar-refractivity contribution in [2.75, 3.05) is 0 Å². The first-order chi connectivity index (χ1) is 11.2. The van der Waals surface area contributed by atoms with Crippen molar-refractivity contribution in [2.45, 2.75) is 0 Å². The van der Waals surface area contributed by atoms with Crippen molar-refractivity contribution in [3.05, 3.63) is 69.8 Å². The summed E-state index contributed by atoms with van der Waals surface area (Å²) in [6.45, 7) is 0. The first kappa shape index (κ1) is 13.7. The highest BCUT2D eigenvalue weighted by Gasteiger charge is 2.15. The Labute approximate surface area is 136 Å². The lowest BCUT2D eigenvalue weighted by molar-refractivity contribution is 0.438. The smallest absolute Gasteiger partial charge is 0.215 e. The minimum absolute atomic E-state index is 0.0801. The van der Waals surface area contributed by atoms with Gasteiger partial charge in [0.1, 0.15) is 0 Å². The maximum atomic E-state index is 10.5. The number of aromatic hydroxyl groups is 1. The molecule has 0 aliphatic carbocycles. The Hall–Kier alpha value is -2.92. The molecule has 0 fully saturated rings. The van der Waals surface area contributed by atoms with E-state index in [1.807, 2.05) is 60.7 Å². The molecule has 4 nitrogen and oxygen atoms in total. The van der Waals surface area contributed by atoms with Crippen molar-refractivity contribution in [3.63, 3.8) is 0 Å². The van der Waals surface area contributed by atoms with Gasteiger partial charge in [0.05, 0.1) is 16.3 Å². The highest BCUT2D eigenvalue weighted by Crippen LogP contribution is 2.34. The number of benzene rings is 2. The summed E-state index contributed by atoms with van der Waals surface area (Å²) in [5.74, 6) is 0.0801. The van der Waals surface area contributed by atoms with Gasteiger partial charge < -0.3 is 5.11 Å². The van der Waals surface area contributed by atoms with Crippen LogP contribution in [0.25, 0.3) is 17.3 Å². The van der Waals surface area contributed by atoms with Crippen molar-refractivity contribution in [2.24, 2.45) is 4.99 Å². The van der Waals surface area contributed by atoms with E-state index in [2.05, 4.69) is 4.99 Å². The van der Waals surface area contributed by atoms with Gasteiger partial charge in [-0.15, -0.1) is 0 Å². The van der Waals surface area contributed by atoms with Crippen LogP contribution in [0, 0.1) is 5.41 Å². The number of hydrogen-bond acceptors (Lipinski definition) is 4. The van der Waals surface area contributed by atoms with Crippen LogP contribution < -0.4 is 4.80 Å². The first-order valence-corrected chi connectivity index (χ1v) is 7.96. The molecule has 2 aromatic carbocycles. The SMILES string of the molecule is N=c1sc(/C=C2\C=Nc3ccccc32)c(O)n1-c1ccccc1. The molecule has 1 aliphatic heterocycles. The number of thiazole rings is 1. The molecular formula is C18H13N3OS. The second-order valence-electron chi connectivity index (χ2n) is 5.14. The number of fused-ring (bicyclic) bond motifs is 1. The van der Waals surface area contributed by atoms with Gasteiger partial charge in [-0.05, 0) is 24.3 Å². The Morgan fingerprint density at radius 3 is 2.61 bits per heavy atom. The lowest BCUT2D eigenvalue weighted by atomic mass is 10.1. The standard InChI is InChI=1S/C18H13N3OS/c19-18-21(13-6-2-1-3-7-13)17(22)16(23-18)10-12-11-20-15-9-5-4-8-14(12)15/h1-11,19,22H/b12-10+,19-18?. The van der Waals surface area contributed by atoms with Gasteiger partial charge in [0.25, 0.3) is 0 Å². The van der Waals surface area contributed by atoms with E-state index in [9.17, 15) is 5.11 Å². The van der Waals surface area contributed by atoms with Gasteiger partial charge in [0, 0.05) is 17.4 Å². The average Bonchev–Trinajstić information content (AvgIpc) is 3.10. The molecule has 0 bridgehead atoms. The molecule has 23 heavy (non-hydrogen) atoms. The summed E-state index contributed by atoms with van der Waals surface area (Å²) < 4.78 is 1.54. The molecule has 0 radical (unpaired) electrons. The number of allylic oxidation sites excluding steroid dienone is 1. The first-order valence-electron chi connectivity index (χ1n) is 7.14. The molecule has 0 saturated heterocycles. The Morgan fingerprint density at radius 2 is 1.78 bits per heavy atom. The molecule has 1 aromatic heterocycles. The molecule has 0 atom stereocenters. The third-order valence-electron chi connectivity index (χ3n) is 3.70. The van der Waals surface area contributed by atoms with Crippen LogP contribution in [0.4, 0.5) is 5.69 Å². The van der Waals surface area contributed by atoms with E-state index in [-0.39, 0.29) is 10.7 Å². The van der Waals surface area contributed by atoms with Crippen molar-refractivity contribution in [1.29, 1.82) is 5.41 Å². The van der Waals surface area contributed by atoms with Gasteiger partial charge in [-0.25, -0.2) is 0 Å². The second-order valence-corrected chi connectivity index (χ2v) is 6.17. The summed E-state index contributed by atoms with van der Waals surface area (Å²) in [5, 5.41) is 18.7. The van der Waals surface area contributed by atoms with Gasteiger partial charge in [-0.2, -0.15) is 0 Å². The largest absolute Gasteiger partial charge is 0.493 e. The van der Waals surface area contributed by atoms with Crippen LogP contribution in [-0.2, 0) is 0 Å². The molecule has 1 aliphatic rings. The molecule has 3 aromatic rings. The van der Waals surface area contributed by atoms with E-state index < -0.39 is 0 Å². The van der Waals surface area contributed by atoms with Crippen LogP contribution in [0.1, 0.15) is 10.4 Å². The fourth-order valence-corrected chi connectivity index (χ4v) is 3.47. The Morgan fingerprint density at radius 1 is 1.04 bits per heavy atom. The Balaban J connectivity index is 1.83. The van der Waals surface area contributed by atoms with Crippen LogP contribution in [0.15, 0.2) is 59.6 Å². The van der Waals surface area contributed by atoms with Gasteiger partial charge in [0.15, 0.2) is 4.80 Å². The van der Waals surface area contributed by atoms with Gasteiger partial charge in [-0.1, -0.05) is 47.7 Å². The van der Waals surface area contributed by atoms with Gasteiger partial charge >= 0.3 is 0 Å². The van der Waals surface area contributed by atoms with Crippen LogP contribution in [0.5, 0.6) is 5.88 Å². The van der Waals surface area contributed by atoms with E-state index in [1.54, 1.807) is 6.21 Å². The van der Waals surface area contributed by atoms with E-state index >= 15 is 0 Å². The summed E-state index contributed by atoms with van der Waals surface area (Å²) in [6, 6.07) is 17.3. The highest BCUT2D eigenvalue weighted by atomic mass is 32.1. The number of nitrogens with zero attached hydrogens (tertiary/aromatic N) is 2. The maximum Gasteiger partial charge on any atom is 0.215 e. The summed E-state index contributed by atoms with van der Waals surface area (Å²) in [4.78, 5) is 5.30. The topological polar surface area (TPSA) is 61.4 Å². The number of rotatable bonds is 2. The molecule has 5 heteroatoms.